The number of rotatable bonds is 4. The van der Waals surface area contributed by atoms with Gasteiger partial charge in [-0.2, -0.15) is 0 Å². The van der Waals surface area contributed by atoms with Crippen molar-refractivity contribution in [3.63, 3.8) is 0 Å². The fourth-order valence-electron chi connectivity index (χ4n) is 6.48. The zero-order valence-corrected chi connectivity index (χ0v) is 23.4. The third kappa shape index (κ3) is 3.22. The van der Waals surface area contributed by atoms with Crippen LogP contribution in [-0.4, -0.2) is 28.7 Å². The molecule has 3 aromatic rings. The van der Waals surface area contributed by atoms with E-state index < -0.39 is 51.3 Å². The van der Waals surface area contributed by atoms with Crippen molar-refractivity contribution in [1.82, 2.24) is 4.90 Å². The molecular formula is C29H22Cl4N2O3. The van der Waals surface area contributed by atoms with E-state index in [9.17, 15) is 14.4 Å². The van der Waals surface area contributed by atoms with Crippen LogP contribution in [0.3, 0.4) is 0 Å². The summed E-state index contributed by atoms with van der Waals surface area (Å²) < 4.78 is 0. The van der Waals surface area contributed by atoms with Gasteiger partial charge < -0.3 is 5.32 Å². The Morgan fingerprint density at radius 3 is 1.66 bits per heavy atom. The number of nitrogens with zero attached hydrogens (tertiary/aromatic N) is 1. The smallest absolute Gasteiger partial charge is 0.247 e. The number of benzene rings is 3. The summed E-state index contributed by atoms with van der Waals surface area (Å²) in [6.07, 6.45) is 0. The number of carbonyl (C=O) groups is 3. The molecule has 1 fully saturated rings. The molecule has 0 radical (unpaired) electrons. The van der Waals surface area contributed by atoms with E-state index in [1.807, 2.05) is 48.5 Å². The Morgan fingerprint density at radius 1 is 0.816 bits per heavy atom. The second-order valence-electron chi connectivity index (χ2n) is 10.3. The molecule has 7 rings (SSSR count). The molecule has 194 valence electrons. The summed E-state index contributed by atoms with van der Waals surface area (Å²) in [5, 5.41) is 3.42. The number of imide groups is 1. The molecule has 0 aromatic heterocycles. The molecule has 2 bridgehead atoms. The van der Waals surface area contributed by atoms with E-state index >= 15 is 0 Å². The molecule has 0 unspecified atom stereocenters. The van der Waals surface area contributed by atoms with Crippen molar-refractivity contribution in [2.24, 2.45) is 17.8 Å². The average Bonchev–Trinajstić information content (AvgIpc) is 3.15. The van der Waals surface area contributed by atoms with E-state index in [-0.39, 0.29) is 5.02 Å². The van der Waals surface area contributed by atoms with Crippen molar-refractivity contribution in [3.05, 3.63) is 99.0 Å². The SMILES string of the molecule is CC(C)[C@@H](C(=O)Nc1ccc(Cl)cc1Cl)N1C(=O)[C@@H]2[C@H](C1=O)C1(Cl)c3ccccc3C2(Cl)c2ccccc21. The first-order valence-corrected chi connectivity index (χ1v) is 13.7. The van der Waals surface area contributed by atoms with Crippen LogP contribution in [0.5, 0.6) is 0 Å². The van der Waals surface area contributed by atoms with E-state index in [2.05, 4.69) is 5.32 Å². The Bertz CT molecular complexity index is 1420. The van der Waals surface area contributed by atoms with Crippen molar-refractivity contribution in [2.75, 3.05) is 5.32 Å². The first kappa shape index (κ1) is 25.7. The lowest BCUT2D eigenvalue weighted by Crippen LogP contribution is -2.57. The monoisotopic (exact) mass is 586 g/mol. The van der Waals surface area contributed by atoms with Gasteiger partial charge in [0.2, 0.25) is 17.7 Å². The van der Waals surface area contributed by atoms with Crippen molar-refractivity contribution in [1.29, 1.82) is 0 Å². The summed E-state index contributed by atoms with van der Waals surface area (Å²) in [5.74, 6) is -3.94. The molecule has 1 heterocycles. The van der Waals surface area contributed by atoms with E-state index in [0.29, 0.717) is 33.0 Å². The molecule has 0 saturated carbocycles. The van der Waals surface area contributed by atoms with Crippen LogP contribution in [-0.2, 0) is 24.1 Å². The molecule has 1 saturated heterocycles. The summed E-state index contributed by atoms with van der Waals surface area (Å²) in [6.45, 7) is 3.56. The summed E-state index contributed by atoms with van der Waals surface area (Å²) in [6, 6.07) is 18.4. The van der Waals surface area contributed by atoms with Crippen LogP contribution in [0.1, 0.15) is 36.1 Å². The van der Waals surface area contributed by atoms with Gasteiger partial charge in [0, 0.05) is 5.02 Å². The number of carbonyl (C=O) groups excluding carboxylic acids is 3. The number of alkyl halides is 2. The molecule has 9 heteroatoms. The molecule has 5 nitrogen and oxygen atoms in total. The third-order valence-electron chi connectivity index (χ3n) is 7.99. The lowest BCUT2D eigenvalue weighted by molar-refractivity contribution is -0.148. The largest absolute Gasteiger partial charge is 0.323 e. The average molecular weight is 588 g/mol. The number of amides is 3. The Kier molecular flexibility index (Phi) is 5.90. The van der Waals surface area contributed by atoms with E-state index in [1.165, 1.54) is 6.07 Å². The molecular weight excluding hydrogens is 566 g/mol. The van der Waals surface area contributed by atoms with Crippen LogP contribution in [0.4, 0.5) is 5.69 Å². The minimum atomic E-state index is -1.31. The van der Waals surface area contributed by atoms with Crippen LogP contribution in [0.15, 0.2) is 66.7 Å². The van der Waals surface area contributed by atoms with Crippen LogP contribution in [0, 0.1) is 17.8 Å². The van der Waals surface area contributed by atoms with Gasteiger partial charge in [-0.05, 0) is 46.4 Å². The third-order valence-corrected chi connectivity index (χ3v) is 9.82. The molecule has 3 amide bonds. The highest BCUT2D eigenvalue weighted by atomic mass is 35.5. The molecule has 3 aromatic carbocycles. The molecule has 3 aliphatic carbocycles. The molecule has 1 N–H and O–H groups in total. The highest BCUT2D eigenvalue weighted by Crippen LogP contribution is 2.69. The summed E-state index contributed by atoms with van der Waals surface area (Å²) in [5.41, 5.74) is 3.15. The van der Waals surface area contributed by atoms with Crippen LogP contribution < -0.4 is 5.32 Å². The van der Waals surface area contributed by atoms with Gasteiger partial charge in [0.25, 0.3) is 0 Å². The number of likely N-dealkylation sites (tertiary alicyclic amines) is 1. The lowest BCUT2D eigenvalue weighted by atomic mass is 9.54. The number of anilines is 1. The predicted octanol–water partition coefficient (Wildman–Crippen LogP) is 6.55. The van der Waals surface area contributed by atoms with Crippen molar-refractivity contribution in [3.8, 4) is 0 Å². The molecule has 3 atom stereocenters. The number of halogens is 4. The molecule has 38 heavy (non-hydrogen) atoms. The van der Waals surface area contributed by atoms with Gasteiger partial charge in [0.1, 0.15) is 15.8 Å². The van der Waals surface area contributed by atoms with Crippen LogP contribution in [0.2, 0.25) is 10.0 Å². The Labute approximate surface area is 240 Å². The Hall–Kier alpha value is -2.57. The maximum Gasteiger partial charge on any atom is 0.247 e. The van der Waals surface area contributed by atoms with E-state index in [1.54, 1.807) is 26.0 Å². The van der Waals surface area contributed by atoms with Gasteiger partial charge in [0.15, 0.2) is 0 Å². The van der Waals surface area contributed by atoms with Crippen molar-refractivity contribution in [2.45, 2.75) is 29.6 Å². The van der Waals surface area contributed by atoms with Gasteiger partial charge in [0.05, 0.1) is 22.5 Å². The maximum absolute atomic E-state index is 14.3. The highest BCUT2D eigenvalue weighted by molar-refractivity contribution is 6.37. The van der Waals surface area contributed by atoms with Gasteiger partial charge in [-0.1, -0.05) is 85.6 Å². The number of nitrogens with one attached hydrogen (secondary N) is 1. The van der Waals surface area contributed by atoms with Gasteiger partial charge in [-0.25, -0.2) is 0 Å². The van der Waals surface area contributed by atoms with Gasteiger partial charge in [-0.3, -0.25) is 19.3 Å². The van der Waals surface area contributed by atoms with Crippen molar-refractivity contribution >= 4 is 69.8 Å². The Morgan fingerprint density at radius 2 is 1.26 bits per heavy atom. The maximum atomic E-state index is 14.3. The highest BCUT2D eigenvalue weighted by Gasteiger charge is 2.73. The number of hydrogen-bond acceptors (Lipinski definition) is 3. The van der Waals surface area contributed by atoms with E-state index in [0.717, 1.165) is 4.90 Å². The standard InChI is InChI=1S/C29H22Cl4N2O3/c1-14(2)24(25(36)34-21-12-11-15(30)13-20(21)31)35-26(37)22-23(27(35)38)29(33)17-8-4-3-7-16(17)28(22,32)18-9-5-6-10-19(18)29/h3-14,22-24H,1-2H3,(H,34,36)/t22-,23+,24-,28?,29?/m0/s1. The lowest BCUT2D eigenvalue weighted by Gasteiger charge is -2.54. The van der Waals surface area contributed by atoms with Gasteiger partial charge >= 0.3 is 0 Å². The Balaban J connectivity index is 1.48. The zero-order chi connectivity index (χ0) is 27.1. The summed E-state index contributed by atoms with van der Waals surface area (Å²) in [4.78, 5) is 40.6. The van der Waals surface area contributed by atoms with E-state index in [4.69, 9.17) is 46.4 Å². The van der Waals surface area contributed by atoms with Gasteiger partial charge in [-0.15, -0.1) is 23.2 Å². The minimum Gasteiger partial charge on any atom is -0.323 e. The normalized spacial score (nSPS) is 27.7. The second-order valence-corrected chi connectivity index (χ2v) is 12.4. The first-order chi connectivity index (χ1) is 18.0. The molecule has 0 spiro atoms. The predicted molar refractivity (Wildman–Crippen MR) is 149 cm³/mol. The zero-order valence-electron chi connectivity index (χ0n) is 20.3. The minimum absolute atomic E-state index is 0.240. The molecule has 1 aliphatic heterocycles. The fourth-order valence-corrected chi connectivity index (χ4v) is 8.03. The summed E-state index contributed by atoms with van der Waals surface area (Å²) >= 11 is 27.2. The topological polar surface area (TPSA) is 66.5 Å². The second kappa shape index (κ2) is 8.72. The first-order valence-electron chi connectivity index (χ1n) is 12.2. The summed E-state index contributed by atoms with van der Waals surface area (Å²) in [7, 11) is 0. The number of hydrogen-bond donors (Lipinski definition) is 1. The van der Waals surface area contributed by atoms with Crippen LogP contribution in [0.25, 0.3) is 0 Å². The quantitative estimate of drug-likeness (QED) is 0.278. The van der Waals surface area contributed by atoms with Crippen molar-refractivity contribution < 1.29 is 14.4 Å². The molecule has 4 aliphatic rings. The fraction of sp³-hybridized carbons (Fsp3) is 0.276. The van der Waals surface area contributed by atoms with Crippen LogP contribution >= 0.6 is 46.4 Å².